The molecule has 0 radical (unpaired) electrons. The molecule has 3 rings (SSSR count). The molecule has 0 atom stereocenters. The average Bonchev–Trinajstić information content (AvgIpc) is 2.64. The lowest BCUT2D eigenvalue weighted by atomic mass is 9.86. The number of benzene rings is 2. The van der Waals surface area contributed by atoms with Gasteiger partial charge in [0.1, 0.15) is 0 Å². The molecule has 2 nitrogen and oxygen atoms in total. The number of aryl methyl sites for hydroxylation is 1. The van der Waals surface area contributed by atoms with E-state index in [-0.39, 0.29) is 11.5 Å². The molecule has 1 heterocycles. The van der Waals surface area contributed by atoms with Crippen LogP contribution in [-0.2, 0) is 6.54 Å². The standard InChI is InChI=1S/C22H23NO/c1-2-3-16-23-17-20(14-15-21(23)24)22(18-10-6-4-7-11-18)19-12-8-5-9-13-19/h4-15,17,22H,2-3,16H2,1H3. The van der Waals surface area contributed by atoms with Crippen molar-refractivity contribution in [2.45, 2.75) is 32.2 Å². The molecule has 0 saturated carbocycles. The molecule has 2 aromatic carbocycles. The topological polar surface area (TPSA) is 22.0 Å². The van der Waals surface area contributed by atoms with Gasteiger partial charge < -0.3 is 4.57 Å². The van der Waals surface area contributed by atoms with Gasteiger partial charge in [-0.1, -0.05) is 80.1 Å². The highest BCUT2D eigenvalue weighted by atomic mass is 16.1. The molecule has 0 saturated heterocycles. The lowest BCUT2D eigenvalue weighted by Crippen LogP contribution is -2.20. The molecule has 0 spiro atoms. The van der Waals surface area contributed by atoms with E-state index in [9.17, 15) is 4.79 Å². The predicted octanol–water partition coefficient (Wildman–Crippen LogP) is 4.83. The van der Waals surface area contributed by atoms with Crippen molar-refractivity contribution in [2.24, 2.45) is 0 Å². The molecule has 0 fully saturated rings. The van der Waals surface area contributed by atoms with Crippen LogP contribution in [0.4, 0.5) is 0 Å². The van der Waals surface area contributed by atoms with Crippen LogP contribution in [0.15, 0.2) is 83.8 Å². The third-order valence-corrected chi connectivity index (χ3v) is 4.36. The van der Waals surface area contributed by atoms with Crippen molar-refractivity contribution in [1.29, 1.82) is 0 Å². The zero-order valence-electron chi connectivity index (χ0n) is 14.1. The Labute approximate surface area is 143 Å². The zero-order valence-corrected chi connectivity index (χ0v) is 14.1. The van der Waals surface area contributed by atoms with Crippen LogP contribution in [0.5, 0.6) is 0 Å². The molecule has 0 amide bonds. The highest BCUT2D eigenvalue weighted by molar-refractivity contribution is 5.41. The normalized spacial score (nSPS) is 10.9. The summed E-state index contributed by atoms with van der Waals surface area (Å²) in [6.07, 6.45) is 4.13. The fourth-order valence-corrected chi connectivity index (χ4v) is 3.09. The summed E-state index contributed by atoms with van der Waals surface area (Å²) in [7, 11) is 0. The summed E-state index contributed by atoms with van der Waals surface area (Å²) < 4.78 is 1.84. The summed E-state index contributed by atoms with van der Waals surface area (Å²) in [6.45, 7) is 2.92. The highest BCUT2D eigenvalue weighted by Gasteiger charge is 2.17. The van der Waals surface area contributed by atoms with Crippen molar-refractivity contribution in [2.75, 3.05) is 0 Å². The monoisotopic (exact) mass is 317 g/mol. The van der Waals surface area contributed by atoms with Gasteiger partial charge in [0.25, 0.3) is 5.56 Å². The van der Waals surface area contributed by atoms with Gasteiger partial charge in [0, 0.05) is 24.7 Å². The predicted molar refractivity (Wildman–Crippen MR) is 99.4 cm³/mol. The maximum absolute atomic E-state index is 12.1. The van der Waals surface area contributed by atoms with Crippen LogP contribution in [0.1, 0.15) is 42.4 Å². The van der Waals surface area contributed by atoms with Crippen molar-refractivity contribution in [3.05, 3.63) is 106 Å². The first-order valence-electron chi connectivity index (χ1n) is 8.60. The quantitative estimate of drug-likeness (QED) is 0.638. The Morgan fingerprint density at radius 2 is 1.38 bits per heavy atom. The maximum Gasteiger partial charge on any atom is 0.250 e. The third kappa shape index (κ3) is 3.65. The molecule has 0 aliphatic carbocycles. The molecule has 2 heteroatoms. The molecule has 0 N–H and O–H groups in total. The fourth-order valence-electron chi connectivity index (χ4n) is 3.09. The van der Waals surface area contributed by atoms with Crippen molar-refractivity contribution < 1.29 is 0 Å². The van der Waals surface area contributed by atoms with E-state index in [4.69, 9.17) is 0 Å². The minimum atomic E-state index is 0.0760. The number of rotatable bonds is 6. The fraction of sp³-hybridized carbons (Fsp3) is 0.227. The first-order chi connectivity index (χ1) is 11.8. The molecule has 0 aliphatic rings. The van der Waals surface area contributed by atoms with Crippen LogP contribution >= 0.6 is 0 Å². The van der Waals surface area contributed by atoms with Crippen LogP contribution in [-0.4, -0.2) is 4.57 Å². The Morgan fingerprint density at radius 1 is 0.792 bits per heavy atom. The lowest BCUT2D eigenvalue weighted by Gasteiger charge is -2.20. The second kappa shape index (κ2) is 7.78. The first-order valence-corrected chi connectivity index (χ1v) is 8.60. The molecule has 1 aromatic heterocycles. The van der Waals surface area contributed by atoms with Gasteiger partial charge in [-0.05, 0) is 23.1 Å². The van der Waals surface area contributed by atoms with E-state index in [0.29, 0.717) is 0 Å². The maximum atomic E-state index is 12.1. The van der Waals surface area contributed by atoms with Gasteiger partial charge in [0.05, 0.1) is 0 Å². The largest absolute Gasteiger partial charge is 0.315 e. The number of pyridine rings is 1. The zero-order chi connectivity index (χ0) is 16.8. The summed E-state index contributed by atoms with van der Waals surface area (Å²) in [4.78, 5) is 12.1. The van der Waals surface area contributed by atoms with Gasteiger partial charge in [0.2, 0.25) is 0 Å². The van der Waals surface area contributed by atoms with Gasteiger partial charge in [-0.25, -0.2) is 0 Å². The van der Waals surface area contributed by atoms with Crippen molar-refractivity contribution in [3.63, 3.8) is 0 Å². The summed E-state index contributed by atoms with van der Waals surface area (Å²) in [5.41, 5.74) is 3.71. The summed E-state index contributed by atoms with van der Waals surface area (Å²) >= 11 is 0. The van der Waals surface area contributed by atoms with Gasteiger partial charge in [0.15, 0.2) is 0 Å². The van der Waals surface area contributed by atoms with E-state index >= 15 is 0 Å². The minimum Gasteiger partial charge on any atom is -0.315 e. The third-order valence-electron chi connectivity index (χ3n) is 4.36. The second-order valence-corrected chi connectivity index (χ2v) is 6.10. The van der Waals surface area contributed by atoms with Crippen molar-refractivity contribution in [3.8, 4) is 0 Å². The Balaban J connectivity index is 2.08. The van der Waals surface area contributed by atoms with Crippen LogP contribution < -0.4 is 5.56 Å². The average molecular weight is 317 g/mol. The van der Waals surface area contributed by atoms with E-state index in [1.807, 2.05) is 29.0 Å². The van der Waals surface area contributed by atoms with Gasteiger partial charge in [-0.15, -0.1) is 0 Å². The van der Waals surface area contributed by atoms with E-state index < -0.39 is 0 Å². The number of unbranched alkanes of at least 4 members (excludes halogenated alkanes) is 1. The summed E-state index contributed by atoms with van der Waals surface area (Å²) in [5.74, 6) is 0.140. The van der Waals surface area contributed by atoms with E-state index in [1.165, 1.54) is 11.1 Å². The number of hydrogen-bond acceptors (Lipinski definition) is 1. The Bertz CT molecular complexity index is 782. The van der Waals surface area contributed by atoms with Gasteiger partial charge >= 0.3 is 0 Å². The molecule has 3 aromatic rings. The van der Waals surface area contributed by atoms with Gasteiger partial charge in [-0.2, -0.15) is 0 Å². The Kier molecular flexibility index (Phi) is 5.27. The van der Waals surface area contributed by atoms with Crippen molar-refractivity contribution >= 4 is 0 Å². The molecule has 24 heavy (non-hydrogen) atoms. The number of aromatic nitrogens is 1. The van der Waals surface area contributed by atoms with Crippen molar-refractivity contribution in [1.82, 2.24) is 4.57 Å². The minimum absolute atomic E-state index is 0.0760. The SMILES string of the molecule is CCCCn1cc(C(c2ccccc2)c2ccccc2)ccc1=O. The number of hydrogen-bond donors (Lipinski definition) is 0. The van der Waals surface area contributed by atoms with E-state index in [1.54, 1.807) is 6.07 Å². The Morgan fingerprint density at radius 3 is 1.92 bits per heavy atom. The lowest BCUT2D eigenvalue weighted by molar-refractivity contribution is 0.608. The molecule has 0 unspecified atom stereocenters. The molecular formula is C22H23NO. The first kappa shape index (κ1) is 16.3. The molecule has 122 valence electrons. The molecule has 0 bridgehead atoms. The van der Waals surface area contributed by atoms with E-state index in [0.717, 1.165) is 24.9 Å². The highest BCUT2D eigenvalue weighted by Crippen LogP contribution is 2.31. The molecular weight excluding hydrogens is 294 g/mol. The Hall–Kier alpha value is -2.61. The van der Waals surface area contributed by atoms with Crippen LogP contribution in [0.25, 0.3) is 0 Å². The molecule has 0 aliphatic heterocycles. The summed E-state index contributed by atoms with van der Waals surface area (Å²) in [6, 6.07) is 24.6. The van der Waals surface area contributed by atoms with Gasteiger partial charge in [-0.3, -0.25) is 4.79 Å². The van der Waals surface area contributed by atoms with Crippen LogP contribution in [0.3, 0.4) is 0 Å². The summed E-state index contributed by atoms with van der Waals surface area (Å²) in [5, 5.41) is 0. The van der Waals surface area contributed by atoms with Crippen LogP contribution in [0.2, 0.25) is 0 Å². The van der Waals surface area contributed by atoms with Crippen LogP contribution in [0, 0.1) is 0 Å². The smallest absolute Gasteiger partial charge is 0.250 e. The second-order valence-electron chi connectivity index (χ2n) is 6.10. The van der Waals surface area contributed by atoms with E-state index in [2.05, 4.69) is 55.5 Å². The number of nitrogens with zero attached hydrogens (tertiary/aromatic N) is 1.